The van der Waals surface area contributed by atoms with E-state index in [4.69, 9.17) is 14.5 Å². The van der Waals surface area contributed by atoms with Crippen molar-refractivity contribution in [1.82, 2.24) is 0 Å². The van der Waals surface area contributed by atoms with Crippen molar-refractivity contribution in [1.29, 1.82) is 0 Å². The zero-order valence-electron chi connectivity index (χ0n) is 15.1. The van der Waals surface area contributed by atoms with Crippen molar-refractivity contribution in [2.45, 2.75) is 45.1 Å². The Morgan fingerprint density at radius 1 is 1.36 bits per heavy atom. The second-order valence-electron chi connectivity index (χ2n) is 7.45. The fraction of sp³-hybridized carbons (Fsp3) is 0.550. The molecular weight excluding hydrogens is 318 g/mol. The highest BCUT2D eigenvalue weighted by atomic mass is 16.5. The number of ketones is 1. The standard InChI is InChI=1S/C20H25NO4/c1-20(2)11-14-9-19(24-3)15(12-22)8-16(14)17(21-20)10-18(23)13-4-6-25-7-5-13/h8-9,12-13H,4-7,10-11H2,1-3H3. The van der Waals surface area contributed by atoms with Crippen LogP contribution in [0, 0.1) is 5.92 Å². The van der Waals surface area contributed by atoms with Gasteiger partial charge in [-0.2, -0.15) is 0 Å². The lowest BCUT2D eigenvalue weighted by Crippen LogP contribution is -2.32. The van der Waals surface area contributed by atoms with Gasteiger partial charge in [-0.25, -0.2) is 0 Å². The van der Waals surface area contributed by atoms with Crippen LogP contribution in [0.5, 0.6) is 5.75 Å². The molecule has 134 valence electrons. The van der Waals surface area contributed by atoms with Gasteiger partial charge in [0.25, 0.3) is 0 Å². The average Bonchev–Trinajstić information content (AvgIpc) is 2.60. The second-order valence-corrected chi connectivity index (χ2v) is 7.45. The number of nitrogens with zero attached hydrogens (tertiary/aromatic N) is 1. The number of benzene rings is 1. The molecule has 0 N–H and O–H groups in total. The number of aliphatic imine (C=N–C) groups is 1. The van der Waals surface area contributed by atoms with Gasteiger partial charge in [0.1, 0.15) is 11.5 Å². The fourth-order valence-corrected chi connectivity index (χ4v) is 3.72. The summed E-state index contributed by atoms with van der Waals surface area (Å²) in [5, 5.41) is 0. The summed E-state index contributed by atoms with van der Waals surface area (Å²) < 4.78 is 10.7. The lowest BCUT2D eigenvalue weighted by atomic mass is 9.83. The molecule has 2 aliphatic rings. The number of carbonyl (C=O) groups is 2. The summed E-state index contributed by atoms with van der Waals surface area (Å²) in [4.78, 5) is 28.9. The first-order valence-electron chi connectivity index (χ1n) is 8.79. The molecule has 0 aromatic heterocycles. The SMILES string of the molecule is COc1cc2c(cc1C=O)C(CC(=O)C1CCOCC1)=NC(C)(C)C2. The third kappa shape index (κ3) is 3.82. The van der Waals surface area contributed by atoms with Crippen LogP contribution in [0.4, 0.5) is 0 Å². The molecule has 1 aromatic carbocycles. The van der Waals surface area contributed by atoms with Crippen LogP contribution in [0.15, 0.2) is 17.1 Å². The van der Waals surface area contributed by atoms with E-state index in [0.717, 1.165) is 42.4 Å². The van der Waals surface area contributed by atoms with Crippen LogP contribution in [-0.2, 0) is 16.0 Å². The lowest BCUT2D eigenvalue weighted by molar-refractivity contribution is -0.124. The number of aldehydes is 1. The molecule has 0 amide bonds. The molecule has 1 fully saturated rings. The van der Waals surface area contributed by atoms with Crippen LogP contribution < -0.4 is 4.74 Å². The Labute approximate surface area is 148 Å². The van der Waals surface area contributed by atoms with Gasteiger partial charge in [-0.05, 0) is 50.8 Å². The summed E-state index contributed by atoms with van der Waals surface area (Å²) in [7, 11) is 1.56. The molecule has 0 aliphatic carbocycles. The van der Waals surface area contributed by atoms with E-state index in [1.807, 2.05) is 12.1 Å². The van der Waals surface area contributed by atoms with Gasteiger partial charge in [-0.3, -0.25) is 14.6 Å². The van der Waals surface area contributed by atoms with Gasteiger partial charge in [-0.1, -0.05) is 0 Å². The Hall–Kier alpha value is -2.01. The number of hydrogen-bond acceptors (Lipinski definition) is 5. The molecule has 0 spiro atoms. The van der Waals surface area contributed by atoms with E-state index in [-0.39, 0.29) is 17.2 Å². The molecule has 0 bridgehead atoms. The van der Waals surface area contributed by atoms with Crippen molar-refractivity contribution in [3.63, 3.8) is 0 Å². The molecule has 0 radical (unpaired) electrons. The molecule has 3 rings (SSSR count). The molecule has 5 nitrogen and oxygen atoms in total. The summed E-state index contributed by atoms with van der Waals surface area (Å²) in [6, 6.07) is 3.72. The van der Waals surface area contributed by atoms with Crippen LogP contribution in [0.25, 0.3) is 0 Å². The highest BCUT2D eigenvalue weighted by Crippen LogP contribution is 2.33. The Morgan fingerprint density at radius 2 is 2.08 bits per heavy atom. The van der Waals surface area contributed by atoms with Crippen LogP contribution in [-0.4, -0.2) is 43.6 Å². The third-order valence-corrected chi connectivity index (χ3v) is 4.97. The maximum Gasteiger partial charge on any atom is 0.153 e. The maximum absolute atomic E-state index is 12.7. The third-order valence-electron chi connectivity index (χ3n) is 4.97. The monoisotopic (exact) mass is 343 g/mol. The predicted molar refractivity (Wildman–Crippen MR) is 95.9 cm³/mol. The number of hydrogen-bond donors (Lipinski definition) is 0. The molecular formula is C20H25NO4. The first-order valence-corrected chi connectivity index (χ1v) is 8.79. The molecule has 0 unspecified atom stereocenters. The minimum absolute atomic E-state index is 0.0497. The first-order chi connectivity index (χ1) is 11.9. The minimum Gasteiger partial charge on any atom is -0.496 e. The normalized spacial score (nSPS) is 19.7. The van der Waals surface area contributed by atoms with Crippen molar-refractivity contribution in [3.8, 4) is 5.75 Å². The molecule has 0 atom stereocenters. The van der Waals surface area contributed by atoms with Gasteiger partial charge in [0.05, 0.1) is 23.9 Å². The zero-order chi connectivity index (χ0) is 18.0. The van der Waals surface area contributed by atoms with Crippen molar-refractivity contribution in [2.75, 3.05) is 20.3 Å². The molecule has 25 heavy (non-hydrogen) atoms. The van der Waals surface area contributed by atoms with Crippen LogP contribution in [0.3, 0.4) is 0 Å². The van der Waals surface area contributed by atoms with Crippen molar-refractivity contribution < 1.29 is 19.1 Å². The zero-order valence-corrected chi connectivity index (χ0v) is 15.1. The Kier molecular flexibility index (Phi) is 5.04. The Balaban J connectivity index is 1.94. The minimum atomic E-state index is -0.272. The van der Waals surface area contributed by atoms with Crippen molar-refractivity contribution in [2.24, 2.45) is 10.9 Å². The van der Waals surface area contributed by atoms with Gasteiger partial charge in [0.15, 0.2) is 6.29 Å². The predicted octanol–water partition coefficient (Wildman–Crippen LogP) is 3.02. The lowest BCUT2D eigenvalue weighted by Gasteiger charge is -2.30. The Bertz CT molecular complexity index is 715. The summed E-state index contributed by atoms with van der Waals surface area (Å²) in [6.45, 7) is 5.43. The van der Waals surface area contributed by atoms with Gasteiger partial charge in [-0.15, -0.1) is 0 Å². The Morgan fingerprint density at radius 3 is 2.72 bits per heavy atom. The molecule has 0 saturated carbocycles. The number of methoxy groups -OCH3 is 1. The summed E-state index contributed by atoms with van der Waals surface area (Å²) in [6.07, 6.45) is 3.42. The van der Waals surface area contributed by atoms with Crippen molar-refractivity contribution >= 4 is 17.8 Å². The van der Waals surface area contributed by atoms with Gasteiger partial charge in [0.2, 0.25) is 0 Å². The quantitative estimate of drug-likeness (QED) is 0.771. The van der Waals surface area contributed by atoms with E-state index in [0.29, 0.717) is 30.9 Å². The van der Waals surface area contributed by atoms with Gasteiger partial charge in [0, 0.05) is 31.1 Å². The first kappa shape index (κ1) is 17.8. The largest absolute Gasteiger partial charge is 0.496 e. The van der Waals surface area contributed by atoms with Crippen molar-refractivity contribution in [3.05, 3.63) is 28.8 Å². The van der Waals surface area contributed by atoms with E-state index in [1.165, 1.54) is 0 Å². The molecule has 2 heterocycles. The molecule has 1 aromatic rings. The number of rotatable bonds is 5. The molecule has 1 saturated heterocycles. The number of Topliss-reactive ketones (excluding diaryl/α,β-unsaturated/α-hetero) is 1. The molecule has 2 aliphatic heterocycles. The fourth-order valence-electron chi connectivity index (χ4n) is 3.72. The number of carbonyl (C=O) groups excluding carboxylic acids is 2. The second kappa shape index (κ2) is 7.08. The highest BCUT2D eigenvalue weighted by Gasteiger charge is 2.31. The summed E-state index contributed by atoms with van der Waals surface area (Å²) >= 11 is 0. The van der Waals surface area contributed by atoms with E-state index < -0.39 is 0 Å². The van der Waals surface area contributed by atoms with Crippen LogP contribution >= 0.6 is 0 Å². The highest BCUT2D eigenvalue weighted by molar-refractivity contribution is 6.13. The van der Waals surface area contributed by atoms with Gasteiger partial charge >= 0.3 is 0 Å². The average molecular weight is 343 g/mol. The summed E-state index contributed by atoms with van der Waals surface area (Å²) in [5.41, 5.74) is 2.99. The van der Waals surface area contributed by atoms with Crippen LogP contribution in [0.2, 0.25) is 0 Å². The van der Waals surface area contributed by atoms with E-state index in [9.17, 15) is 9.59 Å². The summed E-state index contributed by atoms with van der Waals surface area (Å²) in [5.74, 6) is 0.837. The van der Waals surface area contributed by atoms with E-state index >= 15 is 0 Å². The number of fused-ring (bicyclic) bond motifs is 1. The topological polar surface area (TPSA) is 65.0 Å². The smallest absolute Gasteiger partial charge is 0.153 e. The number of ether oxygens (including phenoxy) is 2. The maximum atomic E-state index is 12.7. The van der Waals surface area contributed by atoms with Crippen LogP contribution in [0.1, 0.15) is 54.6 Å². The van der Waals surface area contributed by atoms with E-state index in [1.54, 1.807) is 7.11 Å². The van der Waals surface area contributed by atoms with Gasteiger partial charge < -0.3 is 9.47 Å². The van der Waals surface area contributed by atoms with E-state index in [2.05, 4.69) is 13.8 Å². The molecule has 5 heteroatoms.